The van der Waals surface area contributed by atoms with Crippen LogP contribution < -0.4 is 15.5 Å². The predicted octanol–water partition coefficient (Wildman–Crippen LogP) is 13.3. The van der Waals surface area contributed by atoms with Gasteiger partial charge in [-0.3, -0.25) is 0 Å². The van der Waals surface area contributed by atoms with E-state index in [9.17, 15) is 0 Å². The molecule has 1 unspecified atom stereocenters. The second-order valence-corrected chi connectivity index (χ2v) is 16.1. The normalized spacial score (nSPS) is 13.9. The summed E-state index contributed by atoms with van der Waals surface area (Å²) in [6, 6.07) is 62.6. The number of hydrogen-bond acceptors (Lipinski definition) is 5. The van der Waals surface area contributed by atoms with Crippen LogP contribution in [-0.2, 0) is 0 Å². The molecule has 0 amide bonds. The lowest BCUT2D eigenvalue weighted by Crippen LogP contribution is -2.36. The highest BCUT2D eigenvalue weighted by molar-refractivity contribution is 7.21. The first-order valence-corrected chi connectivity index (χ1v) is 20.5. The van der Waals surface area contributed by atoms with Crippen molar-refractivity contribution in [2.24, 2.45) is 0 Å². The average Bonchev–Trinajstić information content (AvgIpc) is 4.00. The van der Waals surface area contributed by atoms with Gasteiger partial charge in [-0.2, -0.15) is 0 Å². The summed E-state index contributed by atoms with van der Waals surface area (Å²) in [5.74, 6) is 0. The van der Waals surface area contributed by atoms with Gasteiger partial charge in [-0.05, 0) is 100 Å². The van der Waals surface area contributed by atoms with Crippen LogP contribution in [0.1, 0.15) is 6.42 Å². The summed E-state index contributed by atoms with van der Waals surface area (Å²) in [7, 11) is 0. The van der Waals surface area contributed by atoms with E-state index in [0.29, 0.717) is 0 Å². The first kappa shape index (κ1) is 33.0. The zero-order valence-corrected chi connectivity index (χ0v) is 32.1. The maximum atomic E-state index is 6.49. The minimum absolute atomic E-state index is 0.0548. The number of aromatic nitrogens is 1. The Morgan fingerprint density at radius 3 is 2.10 bits per heavy atom. The third kappa shape index (κ3) is 5.39. The Hall–Kier alpha value is -7.21. The van der Waals surface area contributed by atoms with Gasteiger partial charge in [-0.25, -0.2) is 4.98 Å². The summed E-state index contributed by atoms with van der Waals surface area (Å²) in [6.45, 7) is 0. The maximum absolute atomic E-state index is 6.49. The molecule has 12 rings (SSSR count). The molecule has 5 heteroatoms. The number of hydrogen-bond donors (Lipinski definition) is 0. The van der Waals surface area contributed by atoms with Crippen LogP contribution in [0.4, 0.5) is 11.4 Å². The molecule has 0 radical (unpaired) electrons. The average molecular weight is 763 g/mol. The molecule has 0 saturated carbocycles. The highest BCUT2D eigenvalue weighted by Crippen LogP contribution is 2.41. The zero-order chi connectivity index (χ0) is 38.2. The fourth-order valence-corrected chi connectivity index (χ4v) is 9.82. The fourth-order valence-electron chi connectivity index (χ4n) is 8.84. The molecule has 1 aliphatic rings. The molecule has 4 nitrogen and oxygen atoms in total. The molecule has 1 aliphatic carbocycles. The largest absolute Gasteiger partial charge is 0.456 e. The van der Waals surface area contributed by atoms with E-state index in [-0.39, 0.29) is 6.04 Å². The Bertz CT molecular complexity index is 3480. The van der Waals surface area contributed by atoms with Crippen LogP contribution in [0.2, 0.25) is 0 Å². The van der Waals surface area contributed by atoms with Crippen LogP contribution in [0.5, 0.6) is 0 Å². The molecule has 0 fully saturated rings. The van der Waals surface area contributed by atoms with Crippen molar-refractivity contribution in [2.75, 3.05) is 4.90 Å². The number of para-hydroxylation sites is 1. The van der Waals surface area contributed by atoms with E-state index in [4.69, 9.17) is 13.8 Å². The topological polar surface area (TPSA) is 42.4 Å². The second kappa shape index (κ2) is 13.2. The lowest BCUT2D eigenvalue weighted by molar-refractivity contribution is 0.568. The van der Waals surface area contributed by atoms with E-state index in [1.165, 1.54) is 27.1 Å². The van der Waals surface area contributed by atoms with Crippen molar-refractivity contribution in [2.45, 2.75) is 12.5 Å². The van der Waals surface area contributed by atoms with Crippen molar-refractivity contribution in [3.8, 4) is 32.8 Å². The van der Waals surface area contributed by atoms with Crippen LogP contribution in [0.15, 0.2) is 185 Å². The van der Waals surface area contributed by atoms with Gasteiger partial charge in [0.05, 0.1) is 21.6 Å². The summed E-state index contributed by atoms with van der Waals surface area (Å²) >= 11 is 1.72. The van der Waals surface area contributed by atoms with Crippen molar-refractivity contribution >= 4 is 88.8 Å². The zero-order valence-electron chi connectivity index (χ0n) is 31.3. The monoisotopic (exact) mass is 762 g/mol. The molecule has 1 atom stereocenters. The van der Waals surface area contributed by atoms with E-state index in [1.807, 2.05) is 12.1 Å². The smallest absolute Gasteiger partial charge is 0.137 e. The molecule has 8 aromatic carbocycles. The van der Waals surface area contributed by atoms with Crippen LogP contribution in [0, 0.1) is 0 Å². The molecular formula is C53H34N2O2S. The first-order valence-electron chi connectivity index (χ1n) is 19.7. The van der Waals surface area contributed by atoms with Crippen molar-refractivity contribution in [1.82, 2.24) is 4.98 Å². The van der Waals surface area contributed by atoms with Crippen LogP contribution in [0.25, 0.3) is 98.9 Å². The third-order valence-electron chi connectivity index (χ3n) is 11.6. The van der Waals surface area contributed by atoms with Gasteiger partial charge in [0.25, 0.3) is 0 Å². The fraction of sp³-hybridized carbons (Fsp3) is 0.0377. The molecule has 11 aromatic rings. The SMILES string of the molecule is C1=c2oc3ccccc3c2=CCC1N(c1ccc(-c2ccc3c(c2)oc2ccc4sc(-c5ccccc5)nc4c23)cc1)c1ccc(-c2cccc3ccccc23)cc1. The van der Waals surface area contributed by atoms with Gasteiger partial charge in [0.2, 0.25) is 0 Å². The van der Waals surface area contributed by atoms with Gasteiger partial charge in [0.15, 0.2) is 0 Å². The molecule has 0 N–H and O–H groups in total. The third-order valence-corrected chi connectivity index (χ3v) is 12.7. The Kier molecular flexibility index (Phi) is 7.50. The minimum atomic E-state index is 0.0548. The van der Waals surface area contributed by atoms with Crippen molar-refractivity contribution < 1.29 is 8.83 Å². The number of benzene rings is 8. The summed E-state index contributed by atoms with van der Waals surface area (Å²) in [4.78, 5) is 7.54. The van der Waals surface area contributed by atoms with E-state index in [0.717, 1.165) is 88.0 Å². The molecule has 274 valence electrons. The van der Waals surface area contributed by atoms with E-state index >= 15 is 0 Å². The lowest BCUT2D eigenvalue weighted by Gasteiger charge is -2.32. The van der Waals surface area contributed by atoms with E-state index in [1.54, 1.807) is 11.3 Å². The van der Waals surface area contributed by atoms with Crippen LogP contribution in [0.3, 0.4) is 0 Å². The Labute approximate surface area is 337 Å². The molecule has 0 aliphatic heterocycles. The Morgan fingerprint density at radius 1 is 0.534 bits per heavy atom. The maximum Gasteiger partial charge on any atom is 0.137 e. The second-order valence-electron chi connectivity index (χ2n) is 15.0. The van der Waals surface area contributed by atoms with Crippen LogP contribution >= 0.6 is 11.3 Å². The van der Waals surface area contributed by atoms with Gasteiger partial charge in [-0.15, -0.1) is 11.3 Å². The first-order chi connectivity index (χ1) is 28.7. The highest BCUT2D eigenvalue weighted by atomic mass is 32.1. The number of fused-ring (bicyclic) bond motifs is 9. The van der Waals surface area contributed by atoms with Gasteiger partial charge >= 0.3 is 0 Å². The molecule has 3 aromatic heterocycles. The molecule has 0 spiro atoms. The highest BCUT2D eigenvalue weighted by Gasteiger charge is 2.23. The van der Waals surface area contributed by atoms with Crippen molar-refractivity contribution in [1.29, 1.82) is 0 Å². The molecule has 0 saturated heterocycles. The number of rotatable bonds is 6. The lowest BCUT2D eigenvalue weighted by atomic mass is 9.97. The summed E-state index contributed by atoms with van der Waals surface area (Å²) in [5, 5.41) is 8.02. The number of anilines is 2. The number of thiazole rings is 1. The quantitative estimate of drug-likeness (QED) is 0.169. The van der Waals surface area contributed by atoms with Gasteiger partial charge in [0, 0.05) is 32.9 Å². The molecule has 58 heavy (non-hydrogen) atoms. The molecule has 3 heterocycles. The standard InChI is InChI=1S/C53H34N2O2S/c1-2-10-36(11-3-1)53-54-52-50(58-53)30-29-47-51(52)45-27-21-37(31-48(45)57-47)33-17-22-38(23-18-33)55(40-26-28-44-43-14-6-7-16-46(43)56-49(44)32-40)39-24-19-35(20-25-39)42-15-8-12-34-9-4-5-13-41(34)42/h1-25,27-32,40H,26H2. The van der Waals surface area contributed by atoms with Crippen molar-refractivity contribution in [3.05, 3.63) is 187 Å². The minimum Gasteiger partial charge on any atom is -0.456 e. The van der Waals surface area contributed by atoms with E-state index < -0.39 is 0 Å². The number of furan rings is 2. The van der Waals surface area contributed by atoms with Crippen molar-refractivity contribution in [3.63, 3.8) is 0 Å². The summed E-state index contributed by atoms with van der Waals surface area (Å²) in [5.41, 5.74) is 12.6. The van der Waals surface area contributed by atoms with Crippen LogP contribution in [-0.4, -0.2) is 11.0 Å². The van der Waals surface area contributed by atoms with Gasteiger partial charge < -0.3 is 13.7 Å². The predicted molar refractivity (Wildman–Crippen MR) is 242 cm³/mol. The molecule has 0 bridgehead atoms. The summed E-state index contributed by atoms with van der Waals surface area (Å²) in [6.07, 6.45) is 5.48. The molecular weight excluding hydrogens is 729 g/mol. The van der Waals surface area contributed by atoms with Gasteiger partial charge in [0.1, 0.15) is 27.2 Å². The summed E-state index contributed by atoms with van der Waals surface area (Å²) < 4.78 is 14.1. The number of nitrogens with zero attached hydrogens (tertiary/aromatic N) is 2. The van der Waals surface area contributed by atoms with Gasteiger partial charge in [-0.1, -0.05) is 127 Å². The Morgan fingerprint density at radius 2 is 1.26 bits per heavy atom. The Balaban J connectivity index is 0.921. The van der Waals surface area contributed by atoms with E-state index in [2.05, 4.69) is 181 Å².